The summed E-state index contributed by atoms with van der Waals surface area (Å²) in [6.45, 7) is 1.81. The highest BCUT2D eigenvalue weighted by Gasteiger charge is 2.08. The molecule has 0 radical (unpaired) electrons. The van der Waals surface area contributed by atoms with Crippen LogP contribution in [-0.4, -0.2) is 7.11 Å². The number of nitrogens with one attached hydrogen (secondary N) is 1. The van der Waals surface area contributed by atoms with Crippen LogP contribution in [0.1, 0.15) is 16.0 Å². The first kappa shape index (κ1) is 18.7. The molecule has 0 unspecified atom stereocenters. The molecule has 0 bridgehead atoms. The van der Waals surface area contributed by atoms with Crippen molar-refractivity contribution in [2.24, 2.45) is 0 Å². The fraction of sp³-hybridized carbons (Fsp3) is 0.200. The zero-order valence-corrected chi connectivity index (χ0v) is 15.9. The largest absolute Gasteiger partial charge is 0.493 e. The van der Waals surface area contributed by atoms with Gasteiger partial charge in [-0.05, 0) is 41.3 Å². The van der Waals surface area contributed by atoms with Crippen molar-refractivity contribution in [3.63, 3.8) is 0 Å². The van der Waals surface area contributed by atoms with Gasteiger partial charge >= 0.3 is 0 Å². The Morgan fingerprint density at radius 2 is 1.96 bits per heavy atom. The lowest BCUT2D eigenvalue weighted by Gasteiger charge is -2.13. The van der Waals surface area contributed by atoms with Crippen LogP contribution in [0.15, 0.2) is 53.9 Å². The topological polar surface area (TPSA) is 30.5 Å². The van der Waals surface area contributed by atoms with Crippen LogP contribution < -0.4 is 14.8 Å². The van der Waals surface area contributed by atoms with Crippen molar-refractivity contribution < 1.29 is 13.9 Å². The molecule has 0 aliphatic carbocycles. The standard InChI is InChI=1S/C20H19ClFNO2S/c1-24-20-9-14(11-23-12-17-3-2-8-26-17)4-7-19(20)25-13-15-5-6-16(22)10-18(15)21/h2-10,23H,11-13H2,1H3. The number of ether oxygens (including phenoxy) is 2. The van der Waals surface area contributed by atoms with E-state index in [0.717, 1.165) is 24.2 Å². The highest BCUT2D eigenvalue weighted by molar-refractivity contribution is 7.09. The van der Waals surface area contributed by atoms with Crippen molar-refractivity contribution in [1.29, 1.82) is 0 Å². The molecule has 1 aromatic heterocycles. The molecule has 0 amide bonds. The number of halogens is 2. The van der Waals surface area contributed by atoms with Gasteiger partial charge in [-0.1, -0.05) is 29.8 Å². The summed E-state index contributed by atoms with van der Waals surface area (Å²) in [5.74, 6) is 0.907. The van der Waals surface area contributed by atoms with Crippen LogP contribution in [0.3, 0.4) is 0 Å². The zero-order chi connectivity index (χ0) is 18.4. The summed E-state index contributed by atoms with van der Waals surface area (Å²) >= 11 is 7.77. The van der Waals surface area contributed by atoms with Crippen LogP contribution in [0.5, 0.6) is 11.5 Å². The molecule has 1 N–H and O–H groups in total. The van der Waals surface area contributed by atoms with E-state index in [-0.39, 0.29) is 12.4 Å². The van der Waals surface area contributed by atoms with Crippen LogP contribution >= 0.6 is 22.9 Å². The summed E-state index contributed by atoms with van der Waals surface area (Å²) in [5, 5.41) is 5.82. The molecule has 26 heavy (non-hydrogen) atoms. The summed E-state index contributed by atoms with van der Waals surface area (Å²) in [4.78, 5) is 1.30. The molecule has 2 aromatic carbocycles. The van der Waals surface area contributed by atoms with Crippen molar-refractivity contribution in [1.82, 2.24) is 5.32 Å². The lowest BCUT2D eigenvalue weighted by atomic mass is 10.2. The van der Waals surface area contributed by atoms with Gasteiger partial charge in [0.25, 0.3) is 0 Å². The molecule has 0 fully saturated rings. The molecule has 0 atom stereocenters. The van der Waals surface area contributed by atoms with E-state index >= 15 is 0 Å². The number of methoxy groups -OCH3 is 1. The third kappa shape index (κ3) is 4.97. The Hall–Kier alpha value is -2.08. The van der Waals surface area contributed by atoms with Crippen LogP contribution in [0, 0.1) is 5.82 Å². The summed E-state index contributed by atoms with van der Waals surface area (Å²) in [6.07, 6.45) is 0. The quantitative estimate of drug-likeness (QED) is 0.556. The minimum absolute atomic E-state index is 0.242. The smallest absolute Gasteiger partial charge is 0.161 e. The first-order valence-electron chi connectivity index (χ1n) is 8.12. The van der Waals surface area contributed by atoms with E-state index < -0.39 is 0 Å². The fourth-order valence-electron chi connectivity index (χ4n) is 2.48. The van der Waals surface area contributed by atoms with Gasteiger partial charge in [-0.25, -0.2) is 4.39 Å². The second-order valence-electron chi connectivity index (χ2n) is 5.69. The number of thiophene rings is 1. The molecule has 0 saturated heterocycles. The molecule has 0 aliphatic rings. The van der Waals surface area contributed by atoms with Crippen molar-refractivity contribution in [3.8, 4) is 11.5 Å². The van der Waals surface area contributed by atoms with Crippen molar-refractivity contribution in [3.05, 3.63) is 80.8 Å². The summed E-state index contributed by atoms with van der Waals surface area (Å²) < 4.78 is 24.3. The molecule has 0 saturated carbocycles. The summed E-state index contributed by atoms with van der Waals surface area (Å²) in [5.41, 5.74) is 1.82. The van der Waals surface area contributed by atoms with Gasteiger partial charge in [0, 0.05) is 23.5 Å². The van der Waals surface area contributed by atoms with Crippen LogP contribution in [0.25, 0.3) is 0 Å². The molecule has 0 spiro atoms. The second-order valence-corrected chi connectivity index (χ2v) is 7.13. The van der Waals surface area contributed by atoms with Crippen LogP contribution in [0.4, 0.5) is 4.39 Å². The number of hydrogen-bond donors (Lipinski definition) is 1. The zero-order valence-electron chi connectivity index (χ0n) is 14.3. The fourth-order valence-corrected chi connectivity index (χ4v) is 3.37. The van der Waals surface area contributed by atoms with Crippen molar-refractivity contribution >= 4 is 22.9 Å². The monoisotopic (exact) mass is 391 g/mol. The lowest BCUT2D eigenvalue weighted by molar-refractivity contribution is 0.284. The molecule has 3 rings (SSSR count). The van der Waals surface area contributed by atoms with Crippen molar-refractivity contribution in [2.75, 3.05) is 7.11 Å². The Kier molecular flexibility index (Phi) is 6.50. The molecule has 3 nitrogen and oxygen atoms in total. The SMILES string of the molecule is COc1cc(CNCc2cccs2)ccc1OCc1ccc(F)cc1Cl. The molecule has 6 heteroatoms. The predicted molar refractivity (Wildman–Crippen MR) is 104 cm³/mol. The predicted octanol–water partition coefficient (Wildman–Crippen LogP) is 5.42. The van der Waals surface area contributed by atoms with E-state index in [9.17, 15) is 4.39 Å². The van der Waals surface area contributed by atoms with Gasteiger partial charge in [-0.3, -0.25) is 0 Å². The molecular weight excluding hydrogens is 373 g/mol. The van der Waals surface area contributed by atoms with E-state index in [1.165, 1.54) is 17.0 Å². The maximum atomic E-state index is 13.1. The first-order valence-corrected chi connectivity index (χ1v) is 9.38. The Morgan fingerprint density at radius 1 is 1.08 bits per heavy atom. The van der Waals surface area contributed by atoms with Gasteiger partial charge < -0.3 is 14.8 Å². The maximum absolute atomic E-state index is 13.1. The number of rotatable bonds is 8. The van der Waals surface area contributed by atoms with E-state index in [2.05, 4.69) is 16.8 Å². The minimum Gasteiger partial charge on any atom is -0.493 e. The first-order chi connectivity index (χ1) is 12.7. The van der Waals surface area contributed by atoms with Crippen molar-refractivity contribution in [2.45, 2.75) is 19.7 Å². The Balaban J connectivity index is 1.60. The van der Waals surface area contributed by atoms with Gasteiger partial charge in [0.2, 0.25) is 0 Å². The third-order valence-corrected chi connectivity index (χ3v) is 5.06. The highest BCUT2D eigenvalue weighted by atomic mass is 35.5. The normalized spacial score (nSPS) is 10.7. The van der Waals surface area contributed by atoms with E-state index in [1.807, 2.05) is 24.3 Å². The van der Waals surface area contributed by atoms with Gasteiger partial charge in [-0.15, -0.1) is 11.3 Å². The van der Waals surface area contributed by atoms with E-state index in [4.69, 9.17) is 21.1 Å². The van der Waals surface area contributed by atoms with E-state index in [1.54, 1.807) is 24.5 Å². The lowest BCUT2D eigenvalue weighted by Crippen LogP contribution is -2.11. The Morgan fingerprint density at radius 3 is 2.69 bits per heavy atom. The Bertz CT molecular complexity index is 855. The molecule has 136 valence electrons. The minimum atomic E-state index is -0.365. The molecule has 0 aliphatic heterocycles. The number of benzene rings is 2. The average molecular weight is 392 g/mol. The molecule has 1 heterocycles. The van der Waals surface area contributed by atoms with Gasteiger partial charge in [-0.2, -0.15) is 0 Å². The van der Waals surface area contributed by atoms with Crippen LogP contribution in [-0.2, 0) is 19.7 Å². The average Bonchev–Trinajstić information content (AvgIpc) is 3.15. The highest BCUT2D eigenvalue weighted by Crippen LogP contribution is 2.29. The third-order valence-electron chi connectivity index (χ3n) is 3.83. The van der Waals surface area contributed by atoms with Crippen LogP contribution in [0.2, 0.25) is 5.02 Å². The summed E-state index contributed by atoms with van der Waals surface area (Å²) in [7, 11) is 1.61. The molecule has 3 aromatic rings. The maximum Gasteiger partial charge on any atom is 0.161 e. The summed E-state index contributed by atoms with van der Waals surface area (Å²) in [6, 6.07) is 14.2. The number of hydrogen-bond acceptors (Lipinski definition) is 4. The molecular formula is C20H19ClFNO2S. The van der Waals surface area contributed by atoms with Gasteiger partial charge in [0.05, 0.1) is 12.1 Å². The van der Waals surface area contributed by atoms with E-state index in [0.29, 0.717) is 16.5 Å². The Labute approximate surface area is 161 Å². The van der Waals surface area contributed by atoms with Gasteiger partial charge in [0.15, 0.2) is 11.5 Å². The second kappa shape index (κ2) is 9.03. The van der Waals surface area contributed by atoms with Gasteiger partial charge in [0.1, 0.15) is 12.4 Å².